The van der Waals surface area contributed by atoms with Crippen molar-refractivity contribution in [3.63, 3.8) is 0 Å². The number of rotatable bonds is 6. The first-order chi connectivity index (χ1) is 11.3. The van der Waals surface area contributed by atoms with Crippen LogP contribution in [0.2, 0.25) is 10.0 Å². The van der Waals surface area contributed by atoms with E-state index in [0.29, 0.717) is 5.44 Å². The van der Waals surface area contributed by atoms with E-state index < -0.39 is 13.3 Å². The fourth-order valence-corrected chi connectivity index (χ4v) is 15.0. The molecule has 0 bridgehead atoms. The minimum atomic E-state index is -2.44. The molecule has 1 atom stereocenters. The second-order valence-electron chi connectivity index (χ2n) is 7.67. The van der Waals surface area contributed by atoms with Crippen molar-refractivity contribution in [3.05, 3.63) is 30.3 Å². The summed E-state index contributed by atoms with van der Waals surface area (Å²) in [5.41, 5.74) is 0.489. The van der Waals surface area contributed by atoms with E-state index in [2.05, 4.69) is 35.2 Å². The molecule has 1 aliphatic carbocycles. The first kappa shape index (κ1) is 17.5. The Morgan fingerprint density at radius 1 is 0.913 bits per heavy atom. The molecule has 1 aromatic rings. The zero-order chi connectivity index (χ0) is 16.0. The molecule has 0 amide bonds. The van der Waals surface area contributed by atoms with Crippen LogP contribution in [0.1, 0.15) is 51.4 Å². The first-order valence-corrected chi connectivity index (χ1v) is 15.0. The van der Waals surface area contributed by atoms with Crippen LogP contribution in [-0.4, -0.2) is 48.3 Å². The monoisotopic (exact) mass is 377 g/mol. The molecule has 1 aliphatic heterocycles. The Balaban J connectivity index is 1.79. The number of hydrogen-bond acceptors (Lipinski definition) is 2. The van der Waals surface area contributed by atoms with E-state index in [0.717, 1.165) is 4.75 Å². The Hall–Kier alpha value is -0.317. The van der Waals surface area contributed by atoms with Gasteiger partial charge in [-0.15, -0.1) is 0 Å². The fourth-order valence-electron chi connectivity index (χ4n) is 4.85. The molecule has 0 spiro atoms. The molecule has 1 aromatic carbocycles. The van der Waals surface area contributed by atoms with E-state index in [4.69, 9.17) is 0 Å². The van der Waals surface area contributed by atoms with E-state index in [9.17, 15) is 5.11 Å². The zero-order valence-electron chi connectivity index (χ0n) is 14.6. The molecule has 1 saturated heterocycles. The average molecular weight is 376 g/mol. The molecule has 1 N–H and O–H groups in total. The molecular weight excluding hydrogens is 343 g/mol. The molecule has 128 valence electrons. The van der Waals surface area contributed by atoms with Gasteiger partial charge < -0.3 is 0 Å². The van der Waals surface area contributed by atoms with Crippen molar-refractivity contribution in [1.29, 1.82) is 0 Å². The van der Waals surface area contributed by atoms with Crippen molar-refractivity contribution in [1.82, 2.24) is 4.90 Å². The number of benzene rings is 1. The van der Waals surface area contributed by atoms with E-state index in [1.54, 1.807) is 4.40 Å². The number of nitrogens with zero attached hydrogens (tertiary/aromatic N) is 1. The SMILES string of the molecule is O[CH2][Ge]([CH2]CN1CCCCC1)([c]1ccccc1)[CH]1CCCCC1. The Labute approximate surface area is 144 Å². The van der Waals surface area contributed by atoms with Gasteiger partial charge in [-0.2, -0.15) is 0 Å². The van der Waals surface area contributed by atoms with E-state index in [-0.39, 0.29) is 0 Å². The maximum absolute atomic E-state index is 10.6. The molecule has 3 rings (SSSR count). The summed E-state index contributed by atoms with van der Waals surface area (Å²) in [5.74, 6) is 0. The number of aliphatic hydroxyl groups is 1. The molecule has 23 heavy (non-hydrogen) atoms. The standard InChI is InChI=1S/C20H33GeNO/c23-18-21(19-10-4-1-5-11-19,20-12-6-2-7-13-20)14-17-22-15-8-3-9-16-22/h1,4-5,10-11,20,23H,2-3,6-9,12-18H2. The van der Waals surface area contributed by atoms with Gasteiger partial charge in [0.25, 0.3) is 0 Å². The second-order valence-corrected chi connectivity index (χ2v) is 17.2. The van der Waals surface area contributed by atoms with Gasteiger partial charge in [-0.3, -0.25) is 0 Å². The number of piperidine rings is 1. The van der Waals surface area contributed by atoms with Crippen LogP contribution >= 0.6 is 0 Å². The summed E-state index contributed by atoms with van der Waals surface area (Å²) in [5, 5.41) is 11.9. The van der Waals surface area contributed by atoms with Gasteiger partial charge in [-0.1, -0.05) is 0 Å². The summed E-state index contributed by atoms with van der Waals surface area (Å²) < 4.78 is 2.39. The fraction of sp³-hybridized carbons (Fsp3) is 0.700. The molecule has 2 nitrogen and oxygen atoms in total. The molecule has 2 aliphatic rings. The Morgan fingerprint density at radius 3 is 2.22 bits per heavy atom. The van der Waals surface area contributed by atoms with Crippen LogP contribution in [0.25, 0.3) is 0 Å². The number of hydrogen-bond donors (Lipinski definition) is 1. The van der Waals surface area contributed by atoms with Crippen LogP contribution in [0, 0.1) is 0 Å². The maximum atomic E-state index is 10.6. The van der Waals surface area contributed by atoms with Gasteiger partial charge in [0, 0.05) is 0 Å². The number of likely N-dealkylation sites (tertiary alicyclic amines) is 1. The van der Waals surface area contributed by atoms with Crippen LogP contribution < -0.4 is 4.40 Å². The summed E-state index contributed by atoms with van der Waals surface area (Å²) in [7, 11) is 0. The van der Waals surface area contributed by atoms with Crippen LogP contribution in [0.15, 0.2) is 30.3 Å². The minimum absolute atomic E-state index is 0.489. The summed E-state index contributed by atoms with van der Waals surface area (Å²) in [6.07, 6.45) is 11.1. The van der Waals surface area contributed by atoms with Crippen molar-refractivity contribution in [2.24, 2.45) is 0 Å². The van der Waals surface area contributed by atoms with Gasteiger partial charge in [-0.25, -0.2) is 0 Å². The van der Waals surface area contributed by atoms with Gasteiger partial charge in [0.2, 0.25) is 0 Å². The molecule has 0 aromatic heterocycles. The van der Waals surface area contributed by atoms with Crippen LogP contribution in [-0.2, 0) is 0 Å². The van der Waals surface area contributed by atoms with Crippen molar-refractivity contribution >= 4 is 17.7 Å². The topological polar surface area (TPSA) is 23.5 Å². The summed E-state index contributed by atoms with van der Waals surface area (Å²) in [6, 6.07) is 11.2. The van der Waals surface area contributed by atoms with Crippen LogP contribution in [0.3, 0.4) is 0 Å². The Bertz CT molecular complexity index is 454. The van der Waals surface area contributed by atoms with Gasteiger partial charge in [0.15, 0.2) is 0 Å². The zero-order valence-corrected chi connectivity index (χ0v) is 16.6. The third-order valence-corrected chi connectivity index (χ3v) is 17.5. The molecule has 0 radical (unpaired) electrons. The molecule has 1 unspecified atom stereocenters. The third-order valence-electron chi connectivity index (χ3n) is 6.34. The van der Waals surface area contributed by atoms with Crippen molar-refractivity contribution in [2.45, 2.75) is 61.4 Å². The van der Waals surface area contributed by atoms with Crippen molar-refractivity contribution < 1.29 is 5.11 Å². The quantitative estimate of drug-likeness (QED) is 0.766. The van der Waals surface area contributed by atoms with Gasteiger partial charge >= 0.3 is 144 Å². The molecular formula is C20H33GeNO. The normalized spacial score (nSPS) is 23.5. The molecule has 1 heterocycles. The summed E-state index contributed by atoms with van der Waals surface area (Å²) in [6.45, 7) is 3.79. The summed E-state index contributed by atoms with van der Waals surface area (Å²) >= 11 is -2.44. The van der Waals surface area contributed by atoms with Crippen molar-refractivity contribution in [2.75, 3.05) is 25.1 Å². The van der Waals surface area contributed by atoms with Gasteiger partial charge in [0.05, 0.1) is 0 Å². The number of aliphatic hydroxyl groups excluding tert-OH is 1. The third kappa shape index (κ3) is 4.21. The molecule has 2 fully saturated rings. The predicted molar refractivity (Wildman–Crippen MR) is 101 cm³/mol. The summed E-state index contributed by atoms with van der Waals surface area (Å²) in [4.78, 5) is 2.67. The van der Waals surface area contributed by atoms with Gasteiger partial charge in [-0.05, 0) is 0 Å². The van der Waals surface area contributed by atoms with Gasteiger partial charge in [0.1, 0.15) is 0 Å². The predicted octanol–water partition coefficient (Wildman–Crippen LogP) is 3.69. The average Bonchev–Trinajstić information content (AvgIpc) is 2.65. The van der Waals surface area contributed by atoms with Crippen LogP contribution in [0.5, 0.6) is 0 Å². The van der Waals surface area contributed by atoms with E-state index in [1.165, 1.54) is 76.3 Å². The Morgan fingerprint density at radius 2 is 1.57 bits per heavy atom. The van der Waals surface area contributed by atoms with E-state index in [1.807, 2.05) is 0 Å². The molecule has 1 saturated carbocycles. The van der Waals surface area contributed by atoms with Crippen LogP contribution in [0.4, 0.5) is 0 Å². The first-order valence-electron chi connectivity index (χ1n) is 9.74. The molecule has 3 heteroatoms. The Kier molecular flexibility index (Phi) is 6.61. The van der Waals surface area contributed by atoms with Crippen molar-refractivity contribution in [3.8, 4) is 0 Å². The van der Waals surface area contributed by atoms with E-state index >= 15 is 0 Å². The second kappa shape index (κ2) is 8.68.